The summed E-state index contributed by atoms with van der Waals surface area (Å²) in [6, 6.07) is 14.2. The van der Waals surface area contributed by atoms with Gasteiger partial charge in [-0.1, -0.05) is 35.9 Å². The molecule has 2 heterocycles. The van der Waals surface area contributed by atoms with Gasteiger partial charge in [-0.3, -0.25) is 15.1 Å². The normalized spacial score (nSPS) is 10.9. The van der Waals surface area contributed by atoms with E-state index >= 15 is 0 Å². The van der Waals surface area contributed by atoms with E-state index in [1.807, 2.05) is 32.0 Å². The molecule has 29 heavy (non-hydrogen) atoms. The Bertz CT molecular complexity index is 1240. The average molecular weight is 408 g/mol. The lowest BCUT2D eigenvalue weighted by atomic mass is 10.1. The number of nitrogens with zero attached hydrogens (tertiary/aromatic N) is 3. The van der Waals surface area contributed by atoms with Gasteiger partial charge >= 0.3 is 0 Å². The topological polar surface area (TPSA) is 92.8 Å². The molecule has 4 aromatic rings. The third kappa shape index (κ3) is 4.05. The van der Waals surface area contributed by atoms with Crippen LogP contribution >= 0.6 is 11.6 Å². The van der Waals surface area contributed by atoms with Gasteiger partial charge in [-0.2, -0.15) is 0 Å². The van der Waals surface area contributed by atoms with Crippen LogP contribution in [0.4, 0.5) is 11.9 Å². The number of H-pyrrole nitrogens is 1. The number of nitrogens with one attached hydrogen (secondary N) is 2. The van der Waals surface area contributed by atoms with E-state index in [1.165, 1.54) is 6.07 Å². The van der Waals surface area contributed by atoms with Gasteiger partial charge in [0.05, 0.1) is 18.0 Å². The van der Waals surface area contributed by atoms with Crippen LogP contribution in [-0.4, -0.2) is 26.5 Å². The van der Waals surface area contributed by atoms with E-state index in [0.29, 0.717) is 34.5 Å². The zero-order chi connectivity index (χ0) is 20.4. The molecule has 4 rings (SSSR count). The predicted octanol–water partition coefficient (Wildman–Crippen LogP) is 4.48. The molecule has 0 bridgehead atoms. The average Bonchev–Trinajstić information content (AvgIpc) is 2.69. The highest BCUT2D eigenvalue weighted by molar-refractivity contribution is 6.30. The zero-order valence-electron chi connectivity index (χ0n) is 15.9. The fraction of sp³-hybridized carbons (Fsp3) is 0.143. The highest BCUT2D eigenvalue weighted by Gasteiger charge is 2.11. The fourth-order valence-electron chi connectivity index (χ4n) is 3.00. The minimum Gasteiger partial charge on any atom is -0.492 e. The molecule has 0 amide bonds. The number of aromatic amines is 1. The van der Waals surface area contributed by atoms with E-state index in [9.17, 15) is 4.79 Å². The van der Waals surface area contributed by atoms with Crippen LogP contribution in [0.15, 0.2) is 53.3 Å². The molecule has 0 saturated carbocycles. The second-order valence-corrected chi connectivity index (χ2v) is 6.77. The lowest BCUT2D eigenvalue weighted by Gasteiger charge is -2.11. The van der Waals surface area contributed by atoms with Gasteiger partial charge in [0.1, 0.15) is 11.3 Å². The molecule has 2 N–H and O–H groups in total. The van der Waals surface area contributed by atoms with Crippen molar-refractivity contribution in [2.24, 2.45) is 0 Å². The highest BCUT2D eigenvalue weighted by Crippen LogP contribution is 2.27. The number of anilines is 2. The number of ether oxygens (including phenoxy) is 1. The molecule has 2 aromatic carbocycles. The Labute approximate surface area is 171 Å². The lowest BCUT2D eigenvalue weighted by molar-refractivity contribution is 0.343. The Hall–Kier alpha value is -3.45. The summed E-state index contributed by atoms with van der Waals surface area (Å²) >= 11 is 5.94. The molecule has 0 aliphatic heterocycles. The molecule has 8 heteroatoms. The molecule has 7 nitrogen and oxygen atoms in total. The van der Waals surface area contributed by atoms with E-state index in [0.717, 1.165) is 16.6 Å². The van der Waals surface area contributed by atoms with Crippen LogP contribution in [0.25, 0.3) is 22.2 Å². The maximum absolute atomic E-state index is 12.1. The molecule has 0 aliphatic carbocycles. The number of aryl methyl sites for hydroxylation is 1. The van der Waals surface area contributed by atoms with Crippen LogP contribution in [0.5, 0.6) is 5.75 Å². The third-order valence-electron chi connectivity index (χ3n) is 4.29. The third-order valence-corrected chi connectivity index (χ3v) is 4.54. The van der Waals surface area contributed by atoms with Gasteiger partial charge in [0.25, 0.3) is 5.56 Å². The maximum Gasteiger partial charge on any atom is 0.252 e. The lowest BCUT2D eigenvalue weighted by Crippen LogP contribution is -2.12. The molecular weight excluding hydrogens is 390 g/mol. The van der Waals surface area contributed by atoms with Crippen LogP contribution < -0.4 is 15.6 Å². The Kier molecular flexibility index (Phi) is 5.14. The zero-order valence-corrected chi connectivity index (χ0v) is 16.6. The fourth-order valence-corrected chi connectivity index (χ4v) is 3.12. The van der Waals surface area contributed by atoms with E-state index in [-0.39, 0.29) is 11.5 Å². The molecule has 0 atom stereocenters. The highest BCUT2D eigenvalue weighted by atomic mass is 35.5. The minimum absolute atomic E-state index is 0.245. The molecule has 0 spiro atoms. The number of aromatic nitrogens is 4. The molecule has 0 saturated heterocycles. The number of rotatable bonds is 5. The van der Waals surface area contributed by atoms with Crippen molar-refractivity contribution in [2.45, 2.75) is 13.8 Å². The van der Waals surface area contributed by atoms with Gasteiger partial charge in [0.2, 0.25) is 11.9 Å². The first-order valence-electron chi connectivity index (χ1n) is 9.08. The van der Waals surface area contributed by atoms with Gasteiger partial charge in [0.15, 0.2) is 0 Å². The number of benzene rings is 2. The summed E-state index contributed by atoms with van der Waals surface area (Å²) < 4.78 is 5.68. The van der Waals surface area contributed by atoms with Crippen molar-refractivity contribution in [1.29, 1.82) is 0 Å². The van der Waals surface area contributed by atoms with Gasteiger partial charge < -0.3 is 4.74 Å². The predicted molar refractivity (Wildman–Crippen MR) is 114 cm³/mol. The Morgan fingerprint density at radius 1 is 1.10 bits per heavy atom. The SMILES string of the molecule is CCOc1cccc2c(C)nc(Nc3nc(-c4ccc(Cl)cc4)cc(=O)[nH]3)nc12. The van der Waals surface area contributed by atoms with Crippen molar-refractivity contribution >= 4 is 34.4 Å². The second kappa shape index (κ2) is 7.89. The van der Waals surface area contributed by atoms with Crippen molar-refractivity contribution in [3.63, 3.8) is 0 Å². The van der Waals surface area contributed by atoms with E-state index in [2.05, 4.69) is 25.3 Å². The van der Waals surface area contributed by atoms with Crippen LogP contribution in [0.2, 0.25) is 5.02 Å². The Morgan fingerprint density at radius 3 is 2.66 bits per heavy atom. The van der Waals surface area contributed by atoms with Crippen molar-refractivity contribution in [3.8, 4) is 17.0 Å². The quantitative estimate of drug-likeness (QED) is 0.506. The summed E-state index contributed by atoms with van der Waals surface area (Å²) in [4.78, 5) is 28.3. The van der Waals surface area contributed by atoms with Crippen LogP contribution in [-0.2, 0) is 0 Å². The standard InChI is InChI=1S/C21H18ClN5O2/c1-3-29-17-6-4-5-15-12(2)23-20(26-19(15)17)27-21-24-16(11-18(28)25-21)13-7-9-14(22)10-8-13/h4-11H,3H2,1-2H3,(H2,23,24,25,26,27,28). The van der Waals surface area contributed by atoms with Crippen molar-refractivity contribution in [3.05, 3.63) is 69.6 Å². The molecular formula is C21H18ClN5O2. The molecule has 2 aromatic heterocycles. The summed E-state index contributed by atoms with van der Waals surface area (Å²) in [5.74, 6) is 1.24. The molecule has 0 fully saturated rings. The molecule has 0 unspecified atom stereocenters. The first-order valence-corrected chi connectivity index (χ1v) is 9.46. The first-order chi connectivity index (χ1) is 14.0. The Balaban J connectivity index is 1.74. The number of fused-ring (bicyclic) bond motifs is 1. The van der Waals surface area contributed by atoms with Crippen LogP contribution in [0.1, 0.15) is 12.6 Å². The summed E-state index contributed by atoms with van der Waals surface area (Å²) in [7, 11) is 0. The van der Waals surface area contributed by atoms with E-state index in [1.54, 1.807) is 24.3 Å². The van der Waals surface area contributed by atoms with Gasteiger partial charge in [-0.05, 0) is 32.0 Å². The second-order valence-electron chi connectivity index (χ2n) is 6.33. The van der Waals surface area contributed by atoms with E-state index < -0.39 is 0 Å². The number of para-hydroxylation sites is 1. The molecule has 146 valence electrons. The van der Waals surface area contributed by atoms with Gasteiger partial charge in [-0.15, -0.1) is 0 Å². The number of hydrogen-bond donors (Lipinski definition) is 2. The largest absolute Gasteiger partial charge is 0.492 e. The smallest absolute Gasteiger partial charge is 0.252 e. The van der Waals surface area contributed by atoms with Crippen molar-refractivity contribution < 1.29 is 4.74 Å². The van der Waals surface area contributed by atoms with Crippen molar-refractivity contribution in [1.82, 2.24) is 19.9 Å². The monoisotopic (exact) mass is 407 g/mol. The maximum atomic E-state index is 12.1. The molecule has 0 radical (unpaired) electrons. The minimum atomic E-state index is -0.292. The number of halogens is 1. The summed E-state index contributed by atoms with van der Waals surface area (Å²) in [5, 5.41) is 4.51. The summed E-state index contributed by atoms with van der Waals surface area (Å²) in [6.45, 7) is 4.34. The van der Waals surface area contributed by atoms with Crippen LogP contribution in [0, 0.1) is 6.92 Å². The summed E-state index contributed by atoms with van der Waals surface area (Å²) in [6.07, 6.45) is 0. The van der Waals surface area contributed by atoms with E-state index in [4.69, 9.17) is 16.3 Å². The van der Waals surface area contributed by atoms with Crippen LogP contribution in [0.3, 0.4) is 0 Å². The molecule has 0 aliphatic rings. The van der Waals surface area contributed by atoms with Gasteiger partial charge in [0, 0.05) is 22.0 Å². The van der Waals surface area contributed by atoms with Crippen molar-refractivity contribution in [2.75, 3.05) is 11.9 Å². The first kappa shape index (κ1) is 18.9. The summed E-state index contributed by atoms with van der Waals surface area (Å²) in [5.41, 5.74) is 2.48. The van der Waals surface area contributed by atoms with Gasteiger partial charge in [-0.25, -0.2) is 15.0 Å². The Morgan fingerprint density at radius 2 is 1.90 bits per heavy atom. The number of hydrogen-bond acceptors (Lipinski definition) is 6.